The molecule has 1 atom stereocenters. The lowest BCUT2D eigenvalue weighted by Gasteiger charge is -2.10. The summed E-state index contributed by atoms with van der Waals surface area (Å²) in [6.07, 6.45) is 6.11. The van der Waals surface area contributed by atoms with Crippen molar-refractivity contribution >= 4 is 5.97 Å². The Labute approximate surface area is 88.8 Å². The maximum Gasteiger partial charge on any atom is 0.331 e. The summed E-state index contributed by atoms with van der Waals surface area (Å²) in [4.78, 5) is 15.0. The van der Waals surface area contributed by atoms with Gasteiger partial charge in [0.25, 0.3) is 0 Å². The molecule has 0 amide bonds. The molecule has 0 aromatic carbocycles. The third-order valence-electron chi connectivity index (χ3n) is 2.58. The minimum atomic E-state index is -0.219. The van der Waals surface area contributed by atoms with Crippen LogP contribution in [0.15, 0.2) is 36.2 Å². The summed E-state index contributed by atoms with van der Waals surface area (Å²) in [6.45, 7) is 2.54. The third-order valence-corrected chi connectivity index (χ3v) is 2.58. The molecule has 2 heterocycles. The van der Waals surface area contributed by atoms with Gasteiger partial charge in [-0.05, 0) is 29.5 Å². The second-order valence-electron chi connectivity index (χ2n) is 3.79. The number of rotatable bonds is 3. The number of nitrogens with zero attached hydrogens (tertiary/aromatic N) is 1. The van der Waals surface area contributed by atoms with Crippen LogP contribution in [0, 0.1) is 5.92 Å². The molecule has 3 nitrogen and oxygen atoms in total. The molecule has 2 rings (SSSR count). The number of ether oxygens (including phenoxy) is 1. The Bertz CT molecular complexity index is 384. The van der Waals surface area contributed by atoms with Crippen LogP contribution in [-0.2, 0) is 16.0 Å². The molecule has 0 fully saturated rings. The first kappa shape index (κ1) is 9.90. The Morgan fingerprint density at radius 1 is 1.60 bits per heavy atom. The van der Waals surface area contributed by atoms with E-state index in [1.165, 1.54) is 5.56 Å². The number of carbonyl (C=O) groups is 1. The SMILES string of the molecule is CC(Cc1cccnc1)C1=CC(=O)OC1. The molecule has 0 saturated carbocycles. The first-order chi connectivity index (χ1) is 7.25. The normalized spacial score (nSPS) is 17.1. The summed E-state index contributed by atoms with van der Waals surface area (Å²) >= 11 is 0. The van der Waals surface area contributed by atoms with Crippen LogP contribution in [-0.4, -0.2) is 17.6 Å². The van der Waals surface area contributed by atoms with Crippen LogP contribution < -0.4 is 0 Å². The van der Waals surface area contributed by atoms with E-state index in [2.05, 4.69) is 11.9 Å². The van der Waals surface area contributed by atoms with E-state index in [1.807, 2.05) is 18.3 Å². The van der Waals surface area contributed by atoms with Crippen molar-refractivity contribution in [2.24, 2.45) is 5.92 Å². The standard InChI is InChI=1S/C12H13NO2/c1-9(11-6-12(14)15-8-11)5-10-3-2-4-13-7-10/h2-4,6-7,9H,5,8H2,1H3. The number of carbonyl (C=O) groups excluding carboxylic acids is 1. The Kier molecular flexibility index (Phi) is 2.81. The Hall–Kier alpha value is -1.64. The summed E-state index contributed by atoms with van der Waals surface area (Å²) in [7, 11) is 0. The van der Waals surface area contributed by atoms with Crippen molar-refractivity contribution in [1.29, 1.82) is 0 Å². The quantitative estimate of drug-likeness (QED) is 0.702. The zero-order chi connectivity index (χ0) is 10.7. The first-order valence-corrected chi connectivity index (χ1v) is 5.02. The minimum Gasteiger partial charge on any atom is -0.458 e. The van der Waals surface area contributed by atoms with E-state index in [-0.39, 0.29) is 5.97 Å². The zero-order valence-corrected chi connectivity index (χ0v) is 8.64. The van der Waals surface area contributed by atoms with Gasteiger partial charge in [0.15, 0.2) is 0 Å². The maximum absolute atomic E-state index is 10.9. The van der Waals surface area contributed by atoms with Gasteiger partial charge in [-0.3, -0.25) is 4.98 Å². The molecular formula is C12H13NO2. The number of pyridine rings is 1. The second kappa shape index (κ2) is 4.26. The molecular weight excluding hydrogens is 190 g/mol. The molecule has 78 valence electrons. The van der Waals surface area contributed by atoms with Crippen LogP contribution in [0.5, 0.6) is 0 Å². The van der Waals surface area contributed by atoms with Gasteiger partial charge in [-0.1, -0.05) is 13.0 Å². The number of hydrogen-bond acceptors (Lipinski definition) is 3. The van der Waals surface area contributed by atoms with Gasteiger partial charge in [0.1, 0.15) is 6.61 Å². The number of esters is 1. The number of aromatic nitrogens is 1. The van der Waals surface area contributed by atoms with E-state index >= 15 is 0 Å². The Morgan fingerprint density at radius 2 is 2.47 bits per heavy atom. The van der Waals surface area contributed by atoms with Crippen molar-refractivity contribution in [3.63, 3.8) is 0 Å². The predicted octanol–water partition coefficient (Wildman–Crippen LogP) is 1.74. The molecule has 0 saturated heterocycles. The van der Waals surface area contributed by atoms with Crippen molar-refractivity contribution in [2.45, 2.75) is 13.3 Å². The fraction of sp³-hybridized carbons (Fsp3) is 0.333. The average Bonchev–Trinajstić information content (AvgIpc) is 2.66. The van der Waals surface area contributed by atoms with E-state index in [1.54, 1.807) is 12.3 Å². The topological polar surface area (TPSA) is 39.2 Å². The summed E-state index contributed by atoms with van der Waals surface area (Å²) in [5.41, 5.74) is 2.26. The van der Waals surface area contributed by atoms with Crippen molar-refractivity contribution in [1.82, 2.24) is 4.98 Å². The molecule has 0 radical (unpaired) electrons. The van der Waals surface area contributed by atoms with E-state index in [9.17, 15) is 4.79 Å². The molecule has 0 N–H and O–H groups in total. The minimum absolute atomic E-state index is 0.219. The molecule has 3 heteroatoms. The molecule has 1 aromatic heterocycles. The smallest absolute Gasteiger partial charge is 0.331 e. The average molecular weight is 203 g/mol. The van der Waals surface area contributed by atoms with Crippen LogP contribution in [0.1, 0.15) is 12.5 Å². The van der Waals surface area contributed by atoms with Crippen molar-refractivity contribution in [3.05, 3.63) is 41.7 Å². The molecule has 1 aliphatic rings. The van der Waals surface area contributed by atoms with E-state index < -0.39 is 0 Å². The van der Waals surface area contributed by atoms with Gasteiger partial charge in [0, 0.05) is 18.5 Å². The van der Waals surface area contributed by atoms with Gasteiger partial charge in [0.2, 0.25) is 0 Å². The van der Waals surface area contributed by atoms with Gasteiger partial charge >= 0.3 is 5.97 Å². The van der Waals surface area contributed by atoms with E-state index in [4.69, 9.17) is 4.74 Å². The first-order valence-electron chi connectivity index (χ1n) is 5.02. The molecule has 1 unspecified atom stereocenters. The highest BCUT2D eigenvalue weighted by molar-refractivity contribution is 5.85. The fourth-order valence-electron chi connectivity index (χ4n) is 1.68. The summed E-state index contributed by atoms with van der Waals surface area (Å²) in [5, 5.41) is 0. The van der Waals surface area contributed by atoms with E-state index in [0.717, 1.165) is 12.0 Å². The Balaban J connectivity index is 2.01. The van der Waals surface area contributed by atoms with Crippen LogP contribution in [0.4, 0.5) is 0 Å². The molecule has 1 aliphatic heterocycles. The predicted molar refractivity (Wildman–Crippen MR) is 56.1 cm³/mol. The largest absolute Gasteiger partial charge is 0.458 e. The van der Waals surface area contributed by atoms with E-state index in [0.29, 0.717) is 12.5 Å². The van der Waals surface area contributed by atoms with Crippen molar-refractivity contribution in [2.75, 3.05) is 6.61 Å². The lowest BCUT2D eigenvalue weighted by molar-refractivity contribution is -0.134. The molecule has 15 heavy (non-hydrogen) atoms. The maximum atomic E-state index is 10.9. The van der Waals surface area contributed by atoms with Gasteiger partial charge < -0.3 is 4.74 Å². The van der Waals surface area contributed by atoms with Crippen molar-refractivity contribution < 1.29 is 9.53 Å². The number of hydrogen-bond donors (Lipinski definition) is 0. The molecule has 1 aromatic rings. The molecule has 0 aliphatic carbocycles. The van der Waals surface area contributed by atoms with Gasteiger partial charge in [-0.15, -0.1) is 0 Å². The van der Waals surface area contributed by atoms with Crippen LogP contribution >= 0.6 is 0 Å². The lowest BCUT2D eigenvalue weighted by atomic mass is 9.95. The van der Waals surface area contributed by atoms with Crippen LogP contribution in [0.25, 0.3) is 0 Å². The summed E-state index contributed by atoms with van der Waals surface area (Å²) < 4.78 is 4.88. The van der Waals surface area contributed by atoms with Crippen LogP contribution in [0.3, 0.4) is 0 Å². The monoisotopic (exact) mass is 203 g/mol. The second-order valence-corrected chi connectivity index (χ2v) is 3.79. The highest BCUT2D eigenvalue weighted by atomic mass is 16.5. The summed E-state index contributed by atoms with van der Waals surface area (Å²) in [5.74, 6) is 0.115. The molecule has 0 bridgehead atoms. The highest BCUT2D eigenvalue weighted by Gasteiger charge is 2.18. The zero-order valence-electron chi connectivity index (χ0n) is 8.64. The van der Waals surface area contributed by atoms with Gasteiger partial charge in [-0.2, -0.15) is 0 Å². The van der Waals surface area contributed by atoms with Crippen LogP contribution in [0.2, 0.25) is 0 Å². The number of cyclic esters (lactones) is 1. The highest BCUT2D eigenvalue weighted by Crippen LogP contribution is 2.20. The van der Waals surface area contributed by atoms with Gasteiger partial charge in [0.05, 0.1) is 0 Å². The van der Waals surface area contributed by atoms with Gasteiger partial charge in [-0.25, -0.2) is 4.79 Å². The Morgan fingerprint density at radius 3 is 3.07 bits per heavy atom. The fourth-order valence-corrected chi connectivity index (χ4v) is 1.68. The molecule has 0 spiro atoms. The summed E-state index contributed by atoms with van der Waals surface area (Å²) in [6, 6.07) is 3.97. The lowest BCUT2D eigenvalue weighted by Crippen LogP contribution is -2.05. The third kappa shape index (κ3) is 2.43. The van der Waals surface area contributed by atoms with Crippen molar-refractivity contribution in [3.8, 4) is 0 Å².